The summed E-state index contributed by atoms with van der Waals surface area (Å²) in [7, 11) is 0. The summed E-state index contributed by atoms with van der Waals surface area (Å²) in [6.07, 6.45) is 16.1. The Morgan fingerprint density at radius 3 is 2.47 bits per heavy atom. The lowest BCUT2D eigenvalue weighted by atomic mass is 9.77. The van der Waals surface area contributed by atoms with Crippen molar-refractivity contribution < 1.29 is 38.7 Å². The predicted molar refractivity (Wildman–Crippen MR) is 133 cm³/mol. The maximum absolute atomic E-state index is 12.8. The minimum atomic E-state index is -0.786. The van der Waals surface area contributed by atoms with Gasteiger partial charge in [-0.2, -0.15) is 0 Å². The van der Waals surface area contributed by atoms with E-state index in [0.29, 0.717) is 42.9 Å². The second-order valence-corrected chi connectivity index (χ2v) is 8.32. The molecule has 0 aromatic carbocycles. The number of pyridine rings is 1. The van der Waals surface area contributed by atoms with Crippen LogP contribution in [0.4, 0.5) is 0 Å². The van der Waals surface area contributed by atoms with Crippen molar-refractivity contribution in [2.45, 2.75) is 72.5 Å². The molecule has 1 aromatic heterocycles. The highest BCUT2D eigenvalue weighted by Crippen LogP contribution is 2.36. The first kappa shape index (κ1) is 30.9. The van der Waals surface area contributed by atoms with E-state index in [1.807, 2.05) is 0 Å². The van der Waals surface area contributed by atoms with E-state index in [4.69, 9.17) is 31.8 Å². The Kier molecular flexibility index (Phi) is 14.9. The van der Waals surface area contributed by atoms with E-state index in [1.165, 1.54) is 13.1 Å². The lowest BCUT2D eigenvalue weighted by Gasteiger charge is -2.33. The number of aromatic nitrogens is 1. The lowest BCUT2D eigenvalue weighted by molar-refractivity contribution is -0.164. The summed E-state index contributed by atoms with van der Waals surface area (Å²) >= 11 is 0. The Bertz CT molecular complexity index is 910. The third-order valence-electron chi connectivity index (χ3n) is 5.56. The standard InChI is InChI=1S/C19H23NO7.C8H14O/c1-4-5-19(6-8-24-9-7-19)18(22)26-12-16-15(11-25-14(3)21)10-20-13(2)17(16)27-23;1-3-5-6-8-9-7-4-2/h1,10,23H,5-9,11-12H2,2-3H3;1H,4-8H2,2H3. The Balaban J connectivity index is 0.000000613. The molecule has 1 fully saturated rings. The fourth-order valence-electron chi connectivity index (χ4n) is 3.48. The molecule has 1 saturated heterocycles. The molecule has 1 aliphatic heterocycles. The van der Waals surface area contributed by atoms with Gasteiger partial charge in [-0.05, 0) is 32.6 Å². The van der Waals surface area contributed by atoms with Crippen LogP contribution in [0.2, 0.25) is 0 Å². The van der Waals surface area contributed by atoms with Crippen molar-refractivity contribution in [2.24, 2.45) is 5.41 Å². The summed E-state index contributed by atoms with van der Waals surface area (Å²) < 4.78 is 21.0. The zero-order valence-electron chi connectivity index (χ0n) is 21.5. The summed E-state index contributed by atoms with van der Waals surface area (Å²) in [5.41, 5.74) is 0.457. The molecule has 0 aliphatic carbocycles. The highest BCUT2D eigenvalue weighted by Gasteiger charge is 2.41. The molecule has 9 nitrogen and oxygen atoms in total. The molecular weight excluding hydrogens is 466 g/mol. The number of terminal acetylenes is 2. The van der Waals surface area contributed by atoms with Crippen molar-refractivity contribution in [3.63, 3.8) is 0 Å². The van der Waals surface area contributed by atoms with Crippen LogP contribution in [-0.2, 0) is 41.8 Å². The maximum atomic E-state index is 12.8. The zero-order chi connectivity index (χ0) is 26.8. The van der Waals surface area contributed by atoms with Crippen molar-refractivity contribution in [3.05, 3.63) is 23.0 Å². The van der Waals surface area contributed by atoms with Crippen LogP contribution in [0.3, 0.4) is 0 Å². The molecule has 0 atom stereocenters. The van der Waals surface area contributed by atoms with Gasteiger partial charge in [0.25, 0.3) is 0 Å². The van der Waals surface area contributed by atoms with E-state index in [2.05, 4.69) is 28.6 Å². The van der Waals surface area contributed by atoms with Gasteiger partial charge in [0.05, 0.1) is 11.1 Å². The topological polar surface area (TPSA) is 113 Å². The lowest BCUT2D eigenvalue weighted by Crippen LogP contribution is -2.38. The summed E-state index contributed by atoms with van der Waals surface area (Å²) in [4.78, 5) is 32.4. The molecule has 2 heterocycles. The molecule has 9 heteroatoms. The number of carbonyl (C=O) groups excluding carboxylic acids is 2. The van der Waals surface area contributed by atoms with Crippen LogP contribution in [0.5, 0.6) is 5.75 Å². The average molecular weight is 504 g/mol. The summed E-state index contributed by atoms with van der Waals surface area (Å²) in [5.74, 6) is 4.27. The van der Waals surface area contributed by atoms with Gasteiger partial charge in [-0.1, -0.05) is 6.92 Å². The Morgan fingerprint density at radius 1 is 1.17 bits per heavy atom. The van der Waals surface area contributed by atoms with Crippen LogP contribution < -0.4 is 4.89 Å². The number of carbonyl (C=O) groups is 2. The minimum absolute atomic E-state index is 0.0606. The van der Waals surface area contributed by atoms with E-state index in [1.54, 1.807) is 6.92 Å². The predicted octanol–water partition coefficient (Wildman–Crippen LogP) is 3.99. The van der Waals surface area contributed by atoms with E-state index >= 15 is 0 Å². The van der Waals surface area contributed by atoms with Crippen molar-refractivity contribution in [1.82, 2.24) is 4.98 Å². The van der Waals surface area contributed by atoms with Crippen molar-refractivity contribution in [3.8, 4) is 30.4 Å². The molecular formula is C27H37NO8. The number of nitrogens with zero attached hydrogens (tertiary/aromatic N) is 1. The summed E-state index contributed by atoms with van der Waals surface area (Å²) in [6.45, 7) is 7.30. The molecule has 0 amide bonds. The number of rotatable bonds is 12. The largest absolute Gasteiger partial charge is 0.461 e. The molecule has 0 bridgehead atoms. The highest BCUT2D eigenvalue weighted by atomic mass is 17.1. The Hall–Kier alpha value is -3.11. The van der Waals surface area contributed by atoms with E-state index in [9.17, 15) is 14.8 Å². The van der Waals surface area contributed by atoms with Gasteiger partial charge >= 0.3 is 11.9 Å². The molecule has 1 aromatic rings. The monoisotopic (exact) mass is 503 g/mol. The van der Waals surface area contributed by atoms with Crippen molar-refractivity contribution in [1.29, 1.82) is 0 Å². The first-order chi connectivity index (χ1) is 17.3. The van der Waals surface area contributed by atoms with Gasteiger partial charge in [-0.3, -0.25) is 14.6 Å². The van der Waals surface area contributed by atoms with Gasteiger partial charge in [-0.25, -0.2) is 5.26 Å². The van der Waals surface area contributed by atoms with Crippen molar-refractivity contribution in [2.75, 3.05) is 26.4 Å². The second kappa shape index (κ2) is 17.3. The van der Waals surface area contributed by atoms with Crippen LogP contribution in [-0.4, -0.2) is 48.6 Å². The summed E-state index contributed by atoms with van der Waals surface area (Å²) in [6, 6.07) is 0. The molecule has 0 saturated carbocycles. The van der Waals surface area contributed by atoms with Gasteiger partial charge in [0, 0.05) is 63.5 Å². The number of esters is 2. The average Bonchev–Trinajstić information content (AvgIpc) is 2.87. The number of hydrogen-bond donors (Lipinski definition) is 1. The van der Waals surface area contributed by atoms with Gasteiger partial charge in [0.15, 0.2) is 5.75 Å². The number of unbranched alkanes of at least 4 members (excludes halogenated alkanes) is 1. The number of hydrogen-bond acceptors (Lipinski definition) is 9. The fourth-order valence-corrected chi connectivity index (χ4v) is 3.48. The van der Waals surface area contributed by atoms with E-state index in [-0.39, 0.29) is 25.4 Å². The van der Waals surface area contributed by atoms with Crippen LogP contribution >= 0.6 is 0 Å². The highest BCUT2D eigenvalue weighted by molar-refractivity contribution is 5.77. The molecule has 0 radical (unpaired) electrons. The van der Waals surface area contributed by atoms with Gasteiger partial charge in [0.1, 0.15) is 13.2 Å². The molecule has 0 spiro atoms. The third kappa shape index (κ3) is 10.2. The summed E-state index contributed by atoms with van der Waals surface area (Å²) in [5, 5.41) is 9.22. The first-order valence-corrected chi connectivity index (χ1v) is 12.0. The second-order valence-electron chi connectivity index (χ2n) is 8.32. The van der Waals surface area contributed by atoms with Gasteiger partial charge in [-0.15, -0.1) is 24.7 Å². The molecule has 1 N–H and O–H groups in total. The number of ether oxygens (including phenoxy) is 4. The quantitative estimate of drug-likeness (QED) is 0.149. The smallest absolute Gasteiger partial charge is 0.313 e. The van der Waals surface area contributed by atoms with Crippen LogP contribution in [0.25, 0.3) is 0 Å². The first-order valence-electron chi connectivity index (χ1n) is 12.0. The van der Waals surface area contributed by atoms with Gasteiger partial charge < -0.3 is 23.8 Å². The molecule has 2 rings (SSSR count). The van der Waals surface area contributed by atoms with Crippen LogP contribution in [0.1, 0.15) is 69.2 Å². The minimum Gasteiger partial charge on any atom is -0.461 e. The molecule has 0 unspecified atom stereocenters. The van der Waals surface area contributed by atoms with Crippen LogP contribution in [0.15, 0.2) is 6.20 Å². The van der Waals surface area contributed by atoms with E-state index < -0.39 is 17.4 Å². The number of aryl methyl sites for hydroxylation is 1. The third-order valence-corrected chi connectivity index (χ3v) is 5.56. The Labute approximate surface area is 213 Å². The normalized spacial score (nSPS) is 13.8. The fraction of sp³-hybridized carbons (Fsp3) is 0.593. The van der Waals surface area contributed by atoms with Crippen LogP contribution in [0, 0.1) is 37.0 Å². The van der Waals surface area contributed by atoms with E-state index in [0.717, 1.165) is 32.5 Å². The zero-order valence-corrected chi connectivity index (χ0v) is 21.5. The Morgan fingerprint density at radius 2 is 1.89 bits per heavy atom. The van der Waals surface area contributed by atoms with Crippen molar-refractivity contribution >= 4 is 11.9 Å². The maximum Gasteiger partial charge on any atom is 0.313 e. The SMILES string of the molecule is C#CCC1(C(=O)OCc2c(COC(C)=O)cnc(C)c2OO)CCOCC1.C#CCCCOCCC. The molecule has 1 aliphatic rings. The molecule has 36 heavy (non-hydrogen) atoms. The van der Waals surface area contributed by atoms with Gasteiger partial charge in [0.2, 0.25) is 0 Å². The molecule has 198 valence electrons.